The van der Waals surface area contributed by atoms with Gasteiger partial charge in [0.1, 0.15) is 6.10 Å². The normalized spacial score (nSPS) is 29.8. The van der Waals surface area contributed by atoms with E-state index in [1.807, 2.05) is 6.08 Å². The standard InChI is InChI=1S/C20H32O5/c1-2-3-6-9-15(21)12-13-17-16(18-14-19(17)25-24-18)10-7-4-5-8-11-20(22)23/h4,7,12-13,15-19,21H,2-3,5-6,8-11,14H2,1H3,(H,22,23)/b7-4-,13-12+. The number of hydrogen-bond acceptors (Lipinski definition) is 4. The van der Waals surface area contributed by atoms with Gasteiger partial charge in [-0.1, -0.05) is 50.5 Å². The summed E-state index contributed by atoms with van der Waals surface area (Å²) in [7, 11) is 0. The fourth-order valence-corrected chi connectivity index (χ4v) is 3.72. The van der Waals surface area contributed by atoms with Gasteiger partial charge in [0.25, 0.3) is 0 Å². The van der Waals surface area contributed by atoms with Crippen LogP contribution in [0.3, 0.4) is 0 Å². The van der Waals surface area contributed by atoms with Crippen molar-refractivity contribution in [1.29, 1.82) is 0 Å². The number of aliphatic hydroxyl groups excluding tert-OH is 1. The van der Waals surface area contributed by atoms with Gasteiger partial charge in [-0.15, -0.1) is 0 Å². The molecule has 2 fully saturated rings. The lowest BCUT2D eigenvalue weighted by atomic mass is 9.89. The highest BCUT2D eigenvalue weighted by Gasteiger charge is 2.49. The molecule has 2 rings (SSSR count). The van der Waals surface area contributed by atoms with Crippen LogP contribution in [0.15, 0.2) is 24.3 Å². The molecule has 142 valence electrons. The molecule has 1 aliphatic carbocycles. The van der Waals surface area contributed by atoms with Gasteiger partial charge < -0.3 is 10.2 Å². The van der Waals surface area contributed by atoms with Gasteiger partial charge >= 0.3 is 5.97 Å². The van der Waals surface area contributed by atoms with Crippen molar-refractivity contribution in [3.8, 4) is 0 Å². The summed E-state index contributed by atoms with van der Waals surface area (Å²) < 4.78 is 0. The Morgan fingerprint density at radius 2 is 2.00 bits per heavy atom. The molecule has 2 bridgehead atoms. The number of carboxylic acid groups (broad SMARTS) is 1. The summed E-state index contributed by atoms with van der Waals surface area (Å²) in [5.74, 6) is -0.0912. The molecule has 0 radical (unpaired) electrons. The lowest BCUT2D eigenvalue weighted by Crippen LogP contribution is -2.28. The van der Waals surface area contributed by atoms with Crippen LogP contribution in [0.1, 0.15) is 64.7 Å². The second kappa shape index (κ2) is 10.7. The van der Waals surface area contributed by atoms with Crippen molar-refractivity contribution in [2.24, 2.45) is 11.8 Å². The Morgan fingerprint density at radius 3 is 2.76 bits per heavy atom. The van der Waals surface area contributed by atoms with Crippen LogP contribution in [0, 0.1) is 11.8 Å². The van der Waals surface area contributed by atoms with Crippen molar-refractivity contribution >= 4 is 5.97 Å². The van der Waals surface area contributed by atoms with Gasteiger partial charge in [-0.25, -0.2) is 9.78 Å². The lowest BCUT2D eigenvalue weighted by molar-refractivity contribution is -0.336. The molecule has 0 aromatic rings. The predicted octanol–water partition coefficient (Wildman–Crippen LogP) is 4.02. The molecule has 0 aromatic heterocycles. The first-order chi connectivity index (χ1) is 12.1. The highest BCUT2D eigenvalue weighted by atomic mass is 17.2. The van der Waals surface area contributed by atoms with E-state index in [0.29, 0.717) is 12.3 Å². The van der Waals surface area contributed by atoms with Gasteiger partial charge in [0.15, 0.2) is 0 Å². The fraction of sp³-hybridized carbons (Fsp3) is 0.750. The Balaban J connectivity index is 1.78. The largest absolute Gasteiger partial charge is 0.481 e. The van der Waals surface area contributed by atoms with Gasteiger partial charge in [0.05, 0.1) is 12.2 Å². The molecule has 1 heterocycles. The van der Waals surface area contributed by atoms with E-state index in [0.717, 1.165) is 44.9 Å². The minimum absolute atomic E-state index is 0.0921. The Labute approximate surface area is 150 Å². The second-order valence-electron chi connectivity index (χ2n) is 7.19. The van der Waals surface area contributed by atoms with Crippen LogP contribution in [0.5, 0.6) is 0 Å². The Kier molecular flexibility index (Phi) is 8.65. The number of unbranched alkanes of at least 4 members (excludes halogenated alkanes) is 3. The predicted molar refractivity (Wildman–Crippen MR) is 95.9 cm³/mol. The minimum Gasteiger partial charge on any atom is -0.481 e. The number of aliphatic hydroxyl groups is 1. The number of allylic oxidation sites excluding steroid dienone is 2. The summed E-state index contributed by atoms with van der Waals surface area (Å²) in [6.45, 7) is 2.16. The molecule has 5 heteroatoms. The zero-order chi connectivity index (χ0) is 18.1. The summed E-state index contributed by atoms with van der Waals surface area (Å²) in [4.78, 5) is 21.3. The smallest absolute Gasteiger partial charge is 0.303 e. The number of hydrogen-bond donors (Lipinski definition) is 2. The molecule has 0 aromatic carbocycles. The Hall–Kier alpha value is -1.17. The van der Waals surface area contributed by atoms with Gasteiger partial charge in [0, 0.05) is 24.7 Å². The summed E-state index contributed by atoms with van der Waals surface area (Å²) in [6.07, 6.45) is 15.8. The van der Waals surface area contributed by atoms with Gasteiger partial charge in [-0.2, -0.15) is 0 Å². The van der Waals surface area contributed by atoms with Crippen LogP contribution in [0.4, 0.5) is 0 Å². The molecule has 1 saturated carbocycles. The number of carbonyl (C=O) groups is 1. The average molecular weight is 352 g/mol. The van der Waals surface area contributed by atoms with E-state index in [2.05, 4.69) is 25.2 Å². The maximum absolute atomic E-state index is 10.5. The van der Waals surface area contributed by atoms with Crippen molar-refractivity contribution in [3.05, 3.63) is 24.3 Å². The molecule has 0 amide bonds. The third-order valence-corrected chi connectivity index (χ3v) is 5.16. The number of rotatable bonds is 12. The summed E-state index contributed by atoms with van der Waals surface area (Å²) >= 11 is 0. The Bertz CT molecular complexity index is 459. The SMILES string of the molecule is CCCCCC(O)/C=C/C1C2CC(OO2)C1C/C=C\CCCC(=O)O. The van der Waals surface area contributed by atoms with Crippen molar-refractivity contribution in [3.63, 3.8) is 0 Å². The van der Waals surface area contributed by atoms with E-state index in [-0.39, 0.29) is 30.7 Å². The molecule has 5 unspecified atom stereocenters. The number of carboxylic acids is 1. The lowest BCUT2D eigenvalue weighted by Gasteiger charge is -2.27. The highest BCUT2D eigenvalue weighted by molar-refractivity contribution is 5.66. The summed E-state index contributed by atoms with van der Waals surface area (Å²) in [5, 5.41) is 18.7. The van der Waals surface area contributed by atoms with Crippen LogP contribution >= 0.6 is 0 Å². The third-order valence-electron chi connectivity index (χ3n) is 5.16. The molecule has 5 atom stereocenters. The molecular weight excluding hydrogens is 320 g/mol. The zero-order valence-electron chi connectivity index (χ0n) is 15.2. The van der Waals surface area contributed by atoms with Crippen LogP contribution in [-0.2, 0) is 14.6 Å². The molecular formula is C20H32O5. The molecule has 25 heavy (non-hydrogen) atoms. The first kappa shape index (κ1) is 20.1. The fourth-order valence-electron chi connectivity index (χ4n) is 3.72. The van der Waals surface area contributed by atoms with Gasteiger partial charge in [-0.05, 0) is 25.7 Å². The Morgan fingerprint density at radius 1 is 1.20 bits per heavy atom. The van der Waals surface area contributed by atoms with Crippen molar-refractivity contribution in [2.45, 2.75) is 83.0 Å². The summed E-state index contributed by atoms with van der Waals surface area (Å²) in [5.41, 5.74) is 0. The number of aliphatic carboxylic acids is 1. The van der Waals surface area contributed by atoms with Crippen LogP contribution < -0.4 is 0 Å². The van der Waals surface area contributed by atoms with E-state index in [1.54, 1.807) is 0 Å². The van der Waals surface area contributed by atoms with E-state index in [1.165, 1.54) is 0 Å². The van der Waals surface area contributed by atoms with Crippen LogP contribution in [0.25, 0.3) is 0 Å². The molecule has 0 spiro atoms. The quantitative estimate of drug-likeness (QED) is 0.315. The van der Waals surface area contributed by atoms with Crippen molar-refractivity contribution in [1.82, 2.24) is 0 Å². The zero-order valence-corrected chi connectivity index (χ0v) is 15.2. The maximum Gasteiger partial charge on any atom is 0.303 e. The molecule has 1 aliphatic heterocycles. The van der Waals surface area contributed by atoms with Gasteiger partial charge in [-0.3, -0.25) is 4.79 Å². The average Bonchev–Trinajstić information content (AvgIpc) is 3.17. The van der Waals surface area contributed by atoms with E-state index >= 15 is 0 Å². The molecule has 5 nitrogen and oxygen atoms in total. The molecule has 2 aliphatic rings. The highest BCUT2D eigenvalue weighted by Crippen LogP contribution is 2.44. The maximum atomic E-state index is 10.5. The van der Waals surface area contributed by atoms with Crippen molar-refractivity contribution < 1.29 is 24.8 Å². The topological polar surface area (TPSA) is 76.0 Å². The van der Waals surface area contributed by atoms with Gasteiger partial charge in [0.2, 0.25) is 0 Å². The van der Waals surface area contributed by atoms with Crippen LogP contribution in [-0.4, -0.2) is 34.5 Å². The van der Waals surface area contributed by atoms with Crippen molar-refractivity contribution in [2.75, 3.05) is 0 Å². The number of fused-ring (bicyclic) bond motifs is 2. The molecule has 2 N–H and O–H groups in total. The van der Waals surface area contributed by atoms with E-state index in [9.17, 15) is 9.90 Å². The third kappa shape index (κ3) is 6.57. The molecule has 1 saturated heterocycles. The monoisotopic (exact) mass is 352 g/mol. The summed E-state index contributed by atoms with van der Waals surface area (Å²) in [6, 6.07) is 0. The van der Waals surface area contributed by atoms with E-state index in [4.69, 9.17) is 14.9 Å². The second-order valence-corrected chi connectivity index (χ2v) is 7.19. The first-order valence-electron chi connectivity index (χ1n) is 9.67. The minimum atomic E-state index is -0.741. The first-order valence-corrected chi connectivity index (χ1v) is 9.67. The van der Waals surface area contributed by atoms with E-state index < -0.39 is 5.97 Å². The van der Waals surface area contributed by atoms with Crippen LogP contribution in [0.2, 0.25) is 0 Å².